The van der Waals surface area contributed by atoms with Gasteiger partial charge in [0.15, 0.2) is 0 Å². The van der Waals surface area contributed by atoms with Gasteiger partial charge in [0.2, 0.25) is 5.88 Å². The summed E-state index contributed by atoms with van der Waals surface area (Å²) in [6, 6.07) is 1.80. The molecule has 0 aliphatic carbocycles. The number of hydrogen-bond acceptors (Lipinski definition) is 6. The number of nitriles is 1. The molecule has 0 amide bonds. The molecule has 0 aromatic heterocycles. The fourth-order valence-corrected chi connectivity index (χ4v) is 3.13. The Morgan fingerprint density at radius 2 is 1.84 bits per heavy atom. The fourth-order valence-electron chi connectivity index (χ4n) is 3.13. The highest BCUT2D eigenvalue weighted by Gasteiger charge is 2.46. The van der Waals surface area contributed by atoms with Gasteiger partial charge >= 0.3 is 18.3 Å². The molecule has 0 bridgehead atoms. The third-order valence-electron chi connectivity index (χ3n) is 4.38. The van der Waals surface area contributed by atoms with Gasteiger partial charge in [-0.1, -0.05) is 0 Å². The molecule has 1 aromatic rings. The van der Waals surface area contributed by atoms with Crippen molar-refractivity contribution < 1.29 is 45.3 Å². The van der Waals surface area contributed by atoms with Crippen molar-refractivity contribution in [2.24, 2.45) is 5.73 Å². The molecular formula is C19H16F6N2O4. The lowest BCUT2D eigenvalue weighted by atomic mass is 9.79. The third kappa shape index (κ3) is 4.55. The lowest BCUT2D eigenvalue weighted by molar-refractivity contribution is -0.144. The van der Waals surface area contributed by atoms with E-state index in [1.54, 1.807) is 6.07 Å². The summed E-state index contributed by atoms with van der Waals surface area (Å²) in [4.78, 5) is 12.5. The molecule has 1 atom stereocenters. The summed E-state index contributed by atoms with van der Waals surface area (Å²) < 4.78 is 96.1. The maximum Gasteiger partial charge on any atom is 0.416 e. The third-order valence-corrected chi connectivity index (χ3v) is 4.38. The van der Waals surface area contributed by atoms with Crippen LogP contribution in [0, 0.1) is 11.3 Å². The Labute approximate surface area is 172 Å². The van der Waals surface area contributed by atoms with Crippen LogP contribution in [0.2, 0.25) is 0 Å². The molecule has 168 valence electrons. The molecule has 2 N–H and O–H groups in total. The number of nitrogens with zero attached hydrogens (tertiary/aromatic N) is 1. The number of rotatable bonds is 4. The number of hydrogen-bond donors (Lipinski definition) is 1. The first-order valence-electron chi connectivity index (χ1n) is 8.59. The molecule has 31 heavy (non-hydrogen) atoms. The molecule has 12 heteroatoms. The molecule has 1 aromatic carbocycles. The smallest absolute Gasteiger partial charge is 0.416 e. The van der Waals surface area contributed by atoms with Crippen molar-refractivity contribution in [2.45, 2.75) is 32.1 Å². The first-order valence-corrected chi connectivity index (χ1v) is 8.59. The highest BCUT2D eigenvalue weighted by atomic mass is 19.4. The van der Waals surface area contributed by atoms with Crippen LogP contribution < -0.4 is 10.5 Å². The quantitative estimate of drug-likeness (QED) is 0.541. The lowest BCUT2D eigenvalue weighted by Gasteiger charge is -2.30. The number of halogens is 6. The van der Waals surface area contributed by atoms with Crippen LogP contribution in [0.3, 0.4) is 0 Å². The van der Waals surface area contributed by atoms with Crippen LogP contribution in [0.15, 0.2) is 34.9 Å². The number of benzene rings is 1. The Hall–Kier alpha value is -3.36. The minimum Gasteiger partial charge on any atom is -0.496 e. The number of methoxy groups -OCH3 is 1. The Balaban J connectivity index is 3.00. The van der Waals surface area contributed by atoms with Gasteiger partial charge in [-0.05, 0) is 26.0 Å². The maximum absolute atomic E-state index is 13.9. The average Bonchev–Trinajstić information content (AvgIpc) is 2.65. The van der Waals surface area contributed by atoms with Gasteiger partial charge in [0.25, 0.3) is 0 Å². The average molecular weight is 450 g/mol. The van der Waals surface area contributed by atoms with Gasteiger partial charge in [-0.15, -0.1) is 0 Å². The first-order chi connectivity index (χ1) is 14.3. The van der Waals surface area contributed by atoms with Gasteiger partial charge in [0, 0.05) is 5.56 Å². The standard InChI is InChI=1S/C19H16F6N2O4/c1-4-30-17(28)13-8(2)31-16(27)10(7-26)14(13)15-11(19(23,24)25)5-9(18(20,21)22)6-12(15)29-3/h5-6,14H,4,27H2,1-3H3. The van der Waals surface area contributed by atoms with E-state index in [9.17, 15) is 36.4 Å². The molecule has 2 rings (SSSR count). The SMILES string of the molecule is CCOC(=O)C1=C(C)OC(N)=C(C#N)C1c1c(OC)cc(C(F)(F)F)cc1C(F)(F)F. The largest absolute Gasteiger partial charge is 0.496 e. The van der Waals surface area contributed by atoms with Crippen molar-refractivity contribution in [3.8, 4) is 11.8 Å². The zero-order valence-electron chi connectivity index (χ0n) is 16.4. The van der Waals surface area contributed by atoms with Crippen molar-refractivity contribution in [2.75, 3.05) is 13.7 Å². The second-order valence-corrected chi connectivity index (χ2v) is 6.25. The molecule has 1 aliphatic rings. The van der Waals surface area contributed by atoms with Crippen LogP contribution in [-0.2, 0) is 26.6 Å². The molecule has 0 fully saturated rings. The summed E-state index contributed by atoms with van der Waals surface area (Å²) in [7, 11) is 0.859. The number of alkyl halides is 6. The van der Waals surface area contributed by atoms with Crippen LogP contribution in [0.1, 0.15) is 36.5 Å². The van der Waals surface area contributed by atoms with E-state index in [0.717, 1.165) is 7.11 Å². The van der Waals surface area contributed by atoms with Crippen molar-refractivity contribution in [3.05, 3.63) is 51.6 Å². The summed E-state index contributed by atoms with van der Waals surface area (Å²) in [5.41, 5.74) is 0.241. The van der Waals surface area contributed by atoms with Gasteiger partial charge in [0.1, 0.15) is 23.2 Å². The zero-order valence-corrected chi connectivity index (χ0v) is 16.4. The molecule has 0 radical (unpaired) electrons. The predicted octanol–water partition coefficient (Wildman–Crippen LogP) is 4.38. The number of carbonyl (C=O) groups excluding carboxylic acids is 1. The highest BCUT2D eigenvalue weighted by Crippen LogP contribution is 2.50. The number of carbonyl (C=O) groups is 1. The monoisotopic (exact) mass is 450 g/mol. The van der Waals surface area contributed by atoms with Crippen LogP contribution in [0.4, 0.5) is 26.3 Å². The number of nitrogens with two attached hydrogens (primary N) is 1. The molecular weight excluding hydrogens is 434 g/mol. The van der Waals surface area contributed by atoms with Crippen LogP contribution in [-0.4, -0.2) is 19.7 Å². The first kappa shape index (κ1) is 23.9. The molecule has 1 unspecified atom stereocenters. The van der Waals surface area contributed by atoms with Gasteiger partial charge in [-0.25, -0.2) is 4.79 Å². The Morgan fingerprint density at radius 1 is 1.23 bits per heavy atom. The Kier molecular flexibility index (Phi) is 6.49. The van der Waals surface area contributed by atoms with Crippen molar-refractivity contribution in [1.82, 2.24) is 0 Å². The van der Waals surface area contributed by atoms with E-state index < -0.39 is 63.7 Å². The second-order valence-electron chi connectivity index (χ2n) is 6.25. The van der Waals surface area contributed by atoms with Crippen molar-refractivity contribution in [3.63, 3.8) is 0 Å². The van der Waals surface area contributed by atoms with E-state index in [1.165, 1.54) is 13.8 Å². The van der Waals surface area contributed by atoms with E-state index in [2.05, 4.69) is 0 Å². The normalized spacial score (nSPS) is 17.2. The van der Waals surface area contributed by atoms with Crippen molar-refractivity contribution in [1.29, 1.82) is 5.26 Å². The minimum absolute atomic E-state index is 0.114. The van der Waals surface area contributed by atoms with Gasteiger partial charge in [-0.2, -0.15) is 31.6 Å². The Morgan fingerprint density at radius 3 is 2.29 bits per heavy atom. The van der Waals surface area contributed by atoms with Crippen LogP contribution >= 0.6 is 0 Å². The van der Waals surface area contributed by atoms with Crippen molar-refractivity contribution >= 4 is 5.97 Å². The summed E-state index contributed by atoms with van der Waals surface area (Å²) >= 11 is 0. The summed E-state index contributed by atoms with van der Waals surface area (Å²) in [5, 5.41) is 9.51. The zero-order chi connectivity index (χ0) is 23.7. The lowest BCUT2D eigenvalue weighted by Crippen LogP contribution is -2.28. The van der Waals surface area contributed by atoms with Gasteiger partial charge < -0.3 is 19.9 Å². The van der Waals surface area contributed by atoms with E-state index >= 15 is 0 Å². The Bertz CT molecular complexity index is 1000. The van der Waals surface area contributed by atoms with E-state index in [1.807, 2.05) is 0 Å². The van der Waals surface area contributed by atoms with E-state index in [4.69, 9.17) is 19.9 Å². The minimum atomic E-state index is -5.30. The highest BCUT2D eigenvalue weighted by molar-refractivity contribution is 5.93. The second kappa shape index (κ2) is 8.41. The van der Waals surface area contributed by atoms with E-state index in [-0.39, 0.29) is 18.4 Å². The van der Waals surface area contributed by atoms with Gasteiger partial charge in [0.05, 0.1) is 36.3 Å². The topological polar surface area (TPSA) is 94.6 Å². The molecule has 6 nitrogen and oxygen atoms in total. The summed E-state index contributed by atoms with van der Waals surface area (Å²) in [5.74, 6) is -4.68. The molecule has 0 spiro atoms. The molecule has 1 heterocycles. The maximum atomic E-state index is 13.9. The number of esters is 1. The number of ether oxygens (including phenoxy) is 3. The van der Waals surface area contributed by atoms with Gasteiger partial charge in [-0.3, -0.25) is 0 Å². The summed E-state index contributed by atoms with van der Waals surface area (Å²) in [6.07, 6.45) is -10.4. The fraction of sp³-hybridized carbons (Fsp3) is 0.368. The van der Waals surface area contributed by atoms with Crippen LogP contribution in [0.5, 0.6) is 5.75 Å². The number of allylic oxidation sites excluding steroid dienone is 2. The molecule has 0 saturated carbocycles. The molecule has 1 aliphatic heterocycles. The molecule has 0 saturated heterocycles. The van der Waals surface area contributed by atoms with Crippen LogP contribution in [0.25, 0.3) is 0 Å². The van der Waals surface area contributed by atoms with E-state index in [0.29, 0.717) is 6.07 Å². The summed E-state index contributed by atoms with van der Waals surface area (Å²) in [6.45, 7) is 2.46. The predicted molar refractivity (Wildman–Crippen MR) is 93.0 cm³/mol.